The average Bonchev–Trinajstić information content (AvgIpc) is 3.34. The Kier molecular flexibility index (Phi) is 5.04. The third-order valence-electron chi connectivity index (χ3n) is 4.81. The number of hydrogen-bond donors (Lipinski definition) is 1. The fraction of sp³-hybridized carbons (Fsp3) is 0.300. The zero-order valence-corrected chi connectivity index (χ0v) is 16.4. The molecule has 0 radical (unpaired) electrons. The number of aromatic nitrogens is 1. The maximum Gasteiger partial charge on any atom is 0.261 e. The molecule has 1 aliphatic heterocycles. The van der Waals surface area contributed by atoms with E-state index in [1.54, 1.807) is 29.2 Å². The van der Waals surface area contributed by atoms with Gasteiger partial charge in [0, 0.05) is 19.1 Å². The number of thiazole rings is 1. The van der Waals surface area contributed by atoms with Crippen LogP contribution in [-0.4, -0.2) is 49.1 Å². The predicted octanol–water partition coefficient (Wildman–Crippen LogP) is 3.78. The third-order valence-corrected chi connectivity index (χ3v) is 5.77. The Morgan fingerprint density at radius 3 is 2.61 bits per heavy atom. The van der Waals surface area contributed by atoms with E-state index in [1.807, 2.05) is 6.07 Å². The molecule has 2 aromatic carbocycles. The largest absolute Gasteiger partial charge is 0.496 e. The molecule has 0 saturated carbocycles. The van der Waals surface area contributed by atoms with Crippen LogP contribution in [0.2, 0.25) is 0 Å². The highest BCUT2D eigenvalue weighted by molar-refractivity contribution is 7.22. The number of nitrogens with zero attached hydrogens (tertiary/aromatic N) is 2. The molecule has 1 amide bonds. The number of ether oxygens (including phenoxy) is 2. The van der Waals surface area contributed by atoms with Crippen molar-refractivity contribution >= 4 is 32.6 Å². The molecule has 28 heavy (non-hydrogen) atoms. The molecule has 1 aromatic heterocycles. The van der Waals surface area contributed by atoms with Crippen molar-refractivity contribution in [3.63, 3.8) is 0 Å². The van der Waals surface area contributed by atoms with Crippen molar-refractivity contribution in [1.29, 1.82) is 0 Å². The summed E-state index contributed by atoms with van der Waals surface area (Å²) in [4.78, 5) is 19.2. The number of amides is 1. The Hall–Kier alpha value is -2.87. The fourth-order valence-corrected chi connectivity index (χ4v) is 4.39. The predicted molar refractivity (Wildman–Crippen MR) is 107 cm³/mol. The van der Waals surface area contributed by atoms with Crippen LogP contribution in [-0.2, 0) is 0 Å². The van der Waals surface area contributed by atoms with E-state index in [0.29, 0.717) is 40.8 Å². The van der Waals surface area contributed by atoms with E-state index in [1.165, 1.54) is 31.6 Å². The van der Waals surface area contributed by atoms with Gasteiger partial charge >= 0.3 is 0 Å². The van der Waals surface area contributed by atoms with E-state index >= 15 is 0 Å². The van der Waals surface area contributed by atoms with Crippen molar-refractivity contribution in [2.75, 3.05) is 32.6 Å². The zero-order chi connectivity index (χ0) is 19.7. The van der Waals surface area contributed by atoms with Crippen LogP contribution >= 0.6 is 11.3 Å². The average molecular weight is 401 g/mol. The molecule has 8 heteroatoms. The van der Waals surface area contributed by atoms with Crippen molar-refractivity contribution in [2.24, 2.45) is 0 Å². The van der Waals surface area contributed by atoms with Gasteiger partial charge in [-0.2, -0.15) is 0 Å². The molecule has 0 unspecified atom stereocenters. The summed E-state index contributed by atoms with van der Waals surface area (Å²) in [5.41, 5.74) is 0.801. The number of para-hydroxylation sites is 1. The summed E-state index contributed by atoms with van der Waals surface area (Å²) in [5.74, 6) is 0.520. The van der Waals surface area contributed by atoms with E-state index in [-0.39, 0.29) is 17.8 Å². The molecule has 1 fully saturated rings. The smallest absolute Gasteiger partial charge is 0.261 e. The number of rotatable bonds is 5. The molecule has 0 aliphatic carbocycles. The summed E-state index contributed by atoms with van der Waals surface area (Å²) in [6, 6.07) is 10.3. The Bertz CT molecular complexity index is 1000. The van der Waals surface area contributed by atoms with Crippen molar-refractivity contribution in [2.45, 2.75) is 12.5 Å². The quantitative estimate of drug-likeness (QED) is 0.705. The van der Waals surface area contributed by atoms with Gasteiger partial charge in [0.15, 0.2) is 5.13 Å². The van der Waals surface area contributed by atoms with Gasteiger partial charge in [-0.1, -0.05) is 23.5 Å². The van der Waals surface area contributed by atoms with E-state index < -0.39 is 0 Å². The van der Waals surface area contributed by atoms with Gasteiger partial charge in [-0.15, -0.1) is 0 Å². The first kappa shape index (κ1) is 18.5. The van der Waals surface area contributed by atoms with Gasteiger partial charge in [-0.3, -0.25) is 4.79 Å². The van der Waals surface area contributed by atoms with Gasteiger partial charge in [-0.25, -0.2) is 9.37 Å². The summed E-state index contributed by atoms with van der Waals surface area (Å²) in [6.07, 6.45) is 0.779. The van der Waals surface area contributed by atoms with Gasteiger partial charge in [0.1, 0.15) is 28.4 Å². The molecule has 1 N–H and O–H groups in total. The van der Waals surface area contributed by atoms with Crippen molar-refractivity contribution in [3.8, 4) is 11.5 Å². The van der Waals surface area contributed by atoms with Crippen LogP contribution in [0.15, 0.2) is 36.4 Å². The number of carbonyl (C=O) groups is 1. The number of benzene rings is 2. The molecule has 1 atom stereocenters. The van der Waals surface area contributed by atoms with Crippen LogP contribution < -0.4 is 14.8 Å². The molecule has 0 bridgehead atoms. The maximum absolute atomic E-state index is 13.9. The van der Waals surface area contributed by atoms with Crippen LogP contribution in [0.5, 0.6) is 11.5 Å². The van der Waals surface area contributed by atoms with Crippen LogP contribution in [0.25, 0.3) is 10.2 Å². The summed E-state index contributed by atoms with van der Waals surface area (Å²) >= 11 is 1.41. The maximum atomic E-state index is 13.9. The van der Waals surface area contributed by atoms with E-state index in [4.69, 9.17) is 9.47 Å². The monoisotopic (exact) mass is 401 g/mol. The minimum absolute atomic E-state index is 0.0493. The molecule has 1 saturated heterocycles. The normalized spacial score (nSPS) is 16.4. The van der Waals surface area contributed by atoms with Gasteiger partial charge in [-0.05, 0) is 30.7 Å². The molecule has 2 heterocycles. The third kappa shape index (κ3) is 3.35. The van der Waals surface area contributed by atoms with E-state index in [2.05, 4.69) is 10.3 Å². The van der Waals surface area contributed by atoms with E-state index in [0.717, 1.165) is 11.1 Å². The lowest BCUT2D eigenvalue weighted by Crippen LogP contribution is -2.32. The number of hydrogen-bond acceptors (Lipinski definition) is 6. The highest BCUT2D eigenvalue weighted by Crippen LogP contribution is 2.32. The summed E-state index contributed by atoms with van der Waals surface area (Å²) in [5, 5.41) is 4.00. The van der Waals surface area contributed by atoms with Gasteiger partial charge in [0.2, 0.25) is 0 Å². The van der Waals surface area contributed by atoms with Gasteiger partial charge in [0.25, 0.3) is 5.91 Å². The number of fused-ring (bicyclic) bond motifs is 1. The van der Waals surface area contributed by atoms with Crippen molar-refractivity contribution in [1.82, 2.24) is 9.88 Å². The van der Waals surface area contributed by atoms with Crippen LogP contribution in [0, 0.1) is 5.82 Å². The first-order valence-electron chi connectivity index (χ1n) is 8.92. The Morgan fingerprint density at radius 1 is 1.21 bits per heavy atom. The lowest BCUT2D eigenvalue weighted by molar-refractivity contribution is 0.0784. The Balaban J connectivity index is 1.49. The first-order chi connectivity index (χ1) is 13.6. The molecule has 146 valence electrons. The molecule has 0 spiro atoms. The molecule has 1 aliphatic rings. The number of methoxy groups -OCH3 is 2. The minimum Gasteiger partial charge on any atom is -0.496 e. The number of anilines is 1. The van der Waals surface area contributed by atoms with Crippen molar-refractivity contribution < 1.29 is 18.7 Å². The summed E-state index contributed by atoms with van der Waals surface area (Å²) < 4.78 is 25.3. The fourth-order valence-electron chi connectivity index (χ4n) is 3.43. The summed E-state index contributed by atoms with van der Waals surface area (Å²) in [6.45, 7) is 1.13. The second-order valence-electron chi connectivity index (χ2n) is 6.52. The number of likely N-dealkylation sites (tertiary alicyclic amines) is 1. The van der Waals surface area contributed by atoms with Crippen molar-refractivity contribution in [3.05, 3.63) is 47.8 Å². The standard InChI is InChI=1S/C20H20FN3O3S/c1-26-14-6-4-7-15(27-2)17(14)19(25)24-10-9-12(11-24)22-20-23-18-13(21)5-3-8-16(18)28-20/h3-8,12H,9-11H2,1-2H3,(H,22,23)/t12-/m1/s1. The highest BCUT2D eigenvalue weighted by Gasteiger charge is 2.31. The highest BCUT2D eigenvalue weighted by atomic mass is 32.1. The molecule has 6 nitrogen and oxygen atoms in total. The molecule has 3 aromatic rings. The second-order valence-corrected chi connectivity index (χ2v) is 7.55. The van der Waals surface area contributed by atoms with Gasteiger partial charge in [0.05, 0.1) is 18.9 Å². The first-order valence-corrected chi connectivity index (χ1v) is 9.74. The lowest BCUT2D eigenvalue weighted by Gasteiger charge is -2.20. The number of carbonyl (C=O) groups excluding carboxylic acids is 1. The molecule has 4 rings (SSSR count). The van der Waals surface area contributed by atoms with Crippen LogP contribution in [0.1, 0.15) is 16.8 Å². The number of nitrogens with one attached hydrogen (secondary N) is 1. The molecular formula is C20H20FN3O3S. The van der Waals surface area contributed by atoms with Gasteiger partial charge < -0.3 is 19.7 Å². The lowest BCUT2D eigenvalue weighted by atomic mass is 10.1. The second kappa shape index (κ2) is 7.63. The topological polar surface area (TPSA) is 63.7 Å². The molecular weight excluding hydrogens is 381 g/mol. The SMILES string of the molecule is COc1cccc(OC)c1C(=O)N1CC[C@@H](Nc2nc3c(F)cccc3s2)C1. The van der Waals surface area contributed by atoms with Crippen LogP contribution in [0.3, 0.4) is 0 Å². The number of halogens is 1. The van der Waals surface area contributed by atoms with E-state index in [9.17, 15) is 9.18 Å². The Labute approximate surface area is 165 Å². The Morgan fingerprint density at radius 2 is 1.93 bits per heavy atom. The zero-order valence-electron chi connectivity index (χ0n) is 15.6. The minimum atomic E-state index is -0.326. The summed E-state index contributed by atoms with van der Waals surface area (Å²) in [7, 11) is 3.07. The van der Waals surface area contributed by atoms with Crippen LogP contribution in [0.4, 0.5) is 9.52 Å².